The third-order valence-corrected chi connectivity index (χ3v) is 4.84. The van der Waals surface area contributed by atoms with Crippen LogP contribution < -0.4 is 10.3 Å². The number of hydrogen-bond donors (Lipinski definition) is 2. The molecule has 0 spiro atoms. The Morgan fingerprint density at radius 3 is 2.48 bits per heavy atom. The number of nitrogens with one attached hydrogen (secondary N) is 2. The largest absolute Gasteiger partial charge is 0.347 e. The molecule has 1 aromatic carbocycles. The number of sulfonamides is 1. The van der Waals surface area contributed by atoms with Crippen LogP contribution in [-0.4, -0.2) is 24.8 Å². The van der Waals surface area contributed by atoms with Crippen molar-refractivity contribution in [1.82, 2.24) is 14.8 Å². The molecule has 23 heavy (non-hydrogen) atoms. The van der Waals surface area contributed by atoms with Gasteiger partial charge in [0.25, 0.3) is 15.9 Å². The number of amides is 1. The first kappa shape index (κ1) is 17.5. The molecular weight excluding hydrogens is 338 g/mol. The van der Waals surface area contributed by atoms with Crippen molar-refractivity contribution in [2.45, 2.75) is 17.7 Å². The lowest BCUT2D eigenvalue weighted by molar-refractivity contribution is 0.0937. The number of aryl methyl sites for hydroxylation is 2. The second-order valence-electron chi connectivity index (χ2n) is 5.00. The van der Waals surface area contributed by atoms with Gasteiger partial charge in [0.2, 0.25) is 0 Å². The molecule has 0 bridgehead atoms. The van der Waals surface area contributed by atoms with Crippen LogP contribution in [0.1, 0.15) is 22.5 Å². The van der Waals surface area contributed by atoms with Gasteiger partial charge in [0.15, 0.2) is 0 Å². The standard InChI is InChI=1S/C15H18ClN3O3S/c1-19-11-3-5-14(19)15(20)17-18-23(21,22)13-8-6-12(7-9-13)4-2-10-16/h3,5-9,11,18H,2,4,10H2,1H3,(H,17,20). The van der Waals surface area contributed by atoms with E-state index in [4.69, 9.17) is 11.6 Å². The molecule has 0 saturated carbocycles. The highest BCUT2D eigenvalue weighted by Crippen LogP contribution is 2.11. The van der Waals surface area contributed by atoms with Crippen LogP contribution in [0.3, 0.4) is 0 Å². The minimum absolute atomic E-state index is 0.0827. The van der Waals surface area contributed by atoms with Gasteiger partial charge in [-0.15, -0.1) is 16.4 Å². The predicted octanol–water partition coefficient (Wildman–Crippen LogP) is 1.82. The van der Waals surface area contributed by atoms with Crippen LogP contribution in [0.5, 0.6) is 0 Å². The maximum atomic E-state index is 12.2. The Kier molecular flexibility index (Phi) is 5.81. The molecule has 0 radical (unpaired) electrons. The molecular formula is C15H18ClN3O3S. The normalized spacial score (nSPS) is 11.4. The average Bonchev–Trinajstić information content (AvgIpc) is 2.97. The van der Waals surface area contributed by atoms with Crippen LogP contribution in [0, 0.1) is 0 Å². The first-order chi connectivity index (χ1) is 10.9. The number of nitrogens with zero attached hydrogens (tertiary/aromatic N) is 1. The lowest BCUT2D eigenvalue weighted by Gasteiger charge is -2.09. The van der Waals surface area contributed by atoms with Crippen LogP contribution in [0.2, 0.25) is 0 Å². The second kappa shape index (κ2) is 7.63. The van der Waals surface area contributed by atoms with Gasteiger partial charge in [-0.2, -0.15) is 0 Å². The zero-order valence-corrected chi connectivity index (χ0v) is 14.2. The summed E-state index contributed by atoms with van der Waals surface area (Å²) in [6.07, 6.45) is 3.32. The van der Waals surface area contributed by atoms with E-state index < -0.39 is 15.9 Å². The molecule has 2 N–H and O–H groups in total. The molecule has 0 aliphatic heterocycles. The minimum Gasteiger partial charge on any atom is -0.347 e. The fraction of sp³-hybridized carbons (Fsp3) is 0.267. The number of carbonyl (C=O) groups excluding carboxylic acids is 1. The molecule has 0 atom stereocenters. The predicted molar refractivity (Wildman–Crippen MR) is 88.7 cm³/mol. The summed E-state index contributed by atoms with van der Waals surface area (Å²) in [7, 11) is -2.12. The number of carbonyl (C=O) groups is 1. The molecule has 0 unspecified atom stereocenters. The number of hydrazine groups is 1. The summed E-state index contributed by atoms with van der Waals surface area (Å²) in [5.41, 5.74) is 3.56. The van der Waals surface area contributed by atoms with Crippen molar-refractivity contribution in [3.05, 3.63) is 53.9 Å². The number of alkyl halides is 1. The van der Waals surface area contributed by atoms with E-state index in [1.54, 1.807) is 42.1 Å². The first-order valence-electron chi connectivity index (χ1n) is 7.02. The second-order valence-corrected chi connectivity index (χ2v) is 7.06. The van der Waals surface area contributed by atoms with Crippen LogP contribution >= 0.6 is 11.6 Å². The summed E-state index contributed by atoms with van der Waals surface area (Å²) in [4.78, 5) is 14.1. The zero-order chi connectivity index (χ0) is 16.9. The molecule has 1 aromatic heterocycles. The Morgan fingerprint density at radius 1 is 1.22 bits per heavy atom. The van der Waals surface area contributed by atoms with E-state index in [1.165, 1.54) is 12.1 Å². The van der Waals surface area contributed by atoms with Gasteiger partial charge in [0.1, 0.15) is 5.69 Å². The Morgan fingerprint density at radius 2 is 1.91 bits per heavy atom. The Balaban J connectivity index is 2.01. The van der Waals surface area contributed by atoms with Gasteiger partial charge in [-0.25, -0.2) is 8.42 Å². The van der Waals surface area contributed by atoms with Crippen LogP contribution in [0.4, 0.5) is 0 Å². The number of rotatable bonds is 7. The van der Waals surface area contributed by atoms with E-state index in [0.717, 1.165) is 18.4 Å². The highest BCUT2D eigenvalue weighted by Gasteiger charge is 2.16. The summed E-state index contributed by atoms with van der Waals surface area (Å²) in [5, 5.41) is 0. The molecule has 0 fully saturated rings. The topological polar surface area (TPSA) is 80.2 Å². The highest BCUT2D eigenvalue weighted by molar-refractivity contribution is 7.89. The van der Waals surface area contributed by atoms with Crippen LogP contribution in [-0.2, 0) is 23.5 Å². The van der Waals surface area contributed by atoms with Crippen LogP contribution in [0.15, 0.2) is 47.5 Å². The lowest BCUT2D eigenvalue weighted by atomic mass is 10.1. The highest BCUT2D eigenvalue weighted by atomic mass is 35.5. The van der Waals surface area contributed by atoms with Gasteiger partial charge in [0, 0.05) is 19.1 Å². The fourth-order valence-corrected chi connectivity index (χ4v) is 3.01. The lowest BCUT2D eigenvalue weighted by Crippen LogP contribution is -2.42. The number of hydrogen-bond acceptors (Lipinski definition) is 3. The molecule has 0 aliphatic rings. The number of aromatic nitrogens is 1. The van der Waals surface area contributed by atoms with Gasteiger partial charge in [0.05, 0.1) is 4.90 Å². The van der Waals surface area contributed by atoms with Crippen LogP contribution in [0.25, 0.3) is 0 Å². The van der Waals surface area contributed by atoms with Crippen molar-refractivity contribution in [1.29, 1.82) is 0 Å². The van der Waals surface area contributed by atoms with E-state index in [1.807, 2.05) is 0 Å². The van der Waals surface area contributed by atoms with Crippen molar-refractivity contribution in [2.24, 2.45) is 7.05 Å². The Hall–Kier alpha value is -1.83. The fourth-order valence-electron chi connectivity index (χ4n) is 2.04. The monoisotopic (exact) mass is 355 g/mol. The Bertz CT molecular complexity index is 770. The van der Waals surface area contributed by atoms with Crippen molar-refractivity contribution in [2.75, 3.05) is 5.88 Å². The van der Waals surface area contributed by atoms with E-state index in [0.29, 0.717) is 11.6 Å². The summed E-state index contributed by atoms with van der Waals surface area (Å²) < 4.78 is 25.9. The SMILES string of the molecule is Cn1cccc1C(=O)NNS(=O)(=O)c1ccc(CCCCl)cc1. The van der Waals surface area contributed by atoms with Crippen molar-refractivity contribution in [3.8, 4) is 0 Å². The molecule has 6 nitrogen and oxygen atoms in total. The van der Waals surface area contributed by atoms with Gasteiger partial charge >= 0.3 is 0 Å². The molecule has 2 rings (SSSR count). The van der Waals surface area contributed by atoms with E-state index in [-0.39, 0.29) is 4.90 Å². The maximum Gasteiger partial charge on any atom is 0.282 e. The van der Waals surface area contributed by atoms with Crippen molar-refractivity contribution in [3.63, 3.8) is 0 Å². The van der Waals surface area contributed by atoms with Crippen molar-refractivity contribution < 1.29 is 13.2 Å². The smallest absolute Gasteiger partial charge is 0.282 e. The van der Waals surface area contributed by atoms with Crippen molar-refractivity contribution >= 4 is 27.5 Å². The molecule has 0 saturated heterocycles. The first-order valence-corrected chi connectivity index (χ1v) is 9.04. The summed E-state index contributed by atoms with van der Waals surface area (Å²) in [6.45, 7) is 0. The quantitative estimate of drug-likeness (QED) is 0.587. The summed E-state index contributed by atoms with van der Waals surface area (Å²) >= 11 is 5.63. The van der Waals surface area contributed by atoms with Gasteiger partial charge in [-0.3, -0.25) is 10.2 Å². The van der Waals surface area contributed by atoms with E-state index >= 15 is 0 Å². The van der Waals surface area contributed by atoms with Gasteiger partial charge < -0.3 is 4.57 Å². The molecule has 8 heteroatoms. The third kappa shape index (κ3) is 4.57. The molecule has 1 heterocycles. The third-order valence-electron chi connectivity index (χ3n) is 3.31. The van der Waals surface area contributed by atoms with E-state index in [2.05, 4.69) is 10.3 Å². The molecule has 124 valence electrons. The summed E-state index contributed by atoms with van der Waals surface area (Å²) in [6, 6.07) is 9.76. The average molecular weight is 356 g/mol. The van der Waals surface area contributed by atoms with Gasteiger partial charge in [-0.05, 0) is 42.7 Å². The molecule has 2 aromatic rings. The molecule has 1 amide bonds. The zero-order valence-electron chi connectivity index (χ0n) is 12.6. The maximum absolute atomic E-state index is 12.2. The van der Waals surface area contributed by atoms with E-state index in [9.17, 15) is 13.2 Å². The van der Waals surface area contributed by atoms with Gasteiger partial charge in [-0.1, -0.05) is 12.1 Å². The molecule has 0 aliphatic carbocycles. The number of halogens is 1. The Labute approximate surface area is 140 Å². The number of benzene rings is 1. The minimum atomic E-state index is -3.81. The summed E-state index contributed by atoms with van der Waals surface area (Å²) in [5.74, 6) is 0.0343.